The minimum absolute atomic E-state index is 0.0187. The molecule has 2 aromatic heterocycles. The van der Waals surface area contributed by atoms with E-state index in [1.807, 2.05) is 75.6 Å². The van der Waals surface area contributed by atoms with E-state index in [1.165, 1.54) is 11.1 Å². The zero-order valence-electron chi connectivity index (χ0n) is 22.7. The second-order valence-corrected chi connectivity index (χ2v) is 10.9. The number of aromatic nitrogens is 2. The molecule has 2 heterocycles. The van der Waals surface area contributed by atoms with Crippen LogP contribution < -0.4 is 5.56 Å². The summed E-state index contributed by atoms with van der Waals surface area (Å²) in [6.07, 6.45) is 4.97. The Hall–Kier alpha value is -4.38. The van der Waals surface area contributed by atoms with Crippen LogP contribution in [0.15, 0.2) is 114 Å². The Labute approximate surface area is 229 Å². The molecule has 0 aliphatic heterocycles. The van der Waals surface area contributed by atoms with Crippen LogP contribution >= 0.6 is 0 Å². The van der Waals surface area contributed by atoms with Crippen molar-refractivity contribution < 1.29 is 9.53 Å². The largest absolute Gasteiger partial charge is 0.443 e. The van der Waals surface area contributed by atoms with Crippen LogP contribution in [0, 0.1) is 0 Å². The molecular formula is C34H34N2O3. The van der Waals surface area contributed by atoms with E-state index in [1.54, 1.807) is 15.2 Å². The van der Waals surface area contributed by atoms with Crippen molar-refractivity contribution >= 4 is 17.0 Å². The molecule has 0 aliphatic rings. The van der Waals surface area contributed by atoms with Crippen molar-refractivity contribution in [1.82, 2.24) is 9.13 Å². The lowest BCUT2D eigenvalue weighted by Gasteiger charge is -2.20. The third-order valence-corrected chi connectivity index (χ3v) is 6.84. The van der Waals surface area contributed by atoms with Crippen LogP contribution in [0.1, 0.15) is 55.4 Å². The number of para-hydroxylation sites is 1. The molecule has 5 rings (SSSR count). The highest BCUT2D eigenvalue weighted by atomic mass is 16.6. The maximum atomic E-state index is 12.9. The van der Waals surface area contributed by atoms with Gasteiger partial charge < -0.3 is 9.30 Å². The molecule has 0 saturated heterocycles. The number of hydrogen-bond acceptors (Lipinski definition) is 3. The molecule has 0 spiro atoms. The van der Waals surface area contributed by atoms with Crippen LogP contribution in [0.5, 0.6) is 0 Å². The van der Waals surface area contributed by atoms with Crippen molar-refractivity contribution in [2.75, 3.05) is 0 Å². The number of pyridine rings is 1. The summed E-state index contributed by atoms with van der Waals surface area (Å²) in [7, 11) is 0. The molecule has 0 amide bonds. The quantitative estimate of drug-likeness (QED) is 0.226. The third-order valence-electron chi connectivity index (χ3n) is 6.84. The average molecular weight is 519 g/mol. The third kappa shape index (κ3) is 6.04. The topological polar surface area (TPSA) is 53.2 Å². The van der Waals surface area contributed by atoms with Crippen LogP contribution in [0.25, 0.3) is 10.9 Å². The molecule has 5 aromatic rings. The van der Waals surface area contributed by atoms with Crippen LogP contribution in [0.4, 0.5) is 4.79 Å². The lowest BCUT2D eigenvalue weighted by atomic mass is 9.86. The van der Waals surface area contributed by atoms with Crippen LogP contribution in [0.3, 0.4) is 0 Å². The van der Waals surface area contributed by atoms with Crippen molar-refractivity contribution in [1.29, 1.82) is 0 Å². The fraction of sp³-hybridized carbons (Fsp3) is 0.235. The highest BCUT2D eigenvalue weighted by molar-refractivity contribution is 5.92. The minimum atomic E-state index is -0.577. The van der Waals surface area contributed by atoms with Crippen molar-refractivity contribution in [3.63, 3.8) is 0 Å². The molecule has 39 heavy (non-hydrogen) atoms. The monoisotopic (exact) mass is 518 g/mol. The number of aryl methyl sites for hydroxylation is 2. The number of nitrogens with zero attached hydrogens (tertiary/aromatic N) is 2. The fourth-order valence-electron chi connectivity index (χ4n) is 5.12. The predicted molar refractivity (Wildman–Crippen MR) is 156 cm³/mol. The molecule has 0 bridgehead atoms. The van der Waals surface area contributed by atoms with E-state index in [9.17, 15) is 9.59 Å². The molecular weight excluding hydrogens is 484 g/mol. The number of carbonyl (C=O) groups excluding carboxylic acids is 1. The molecule has 198 valence electrons. The van der Waals surface area contributed by atoms with Gasteiger partial charge >= 0.3 is 6.09 Å². The Morgan fingerprint density at radius 2 is 1.38 bits per heavy atom. The molecule has 5 nitrogen and oxygen atoms in total. The summed E-state index contributed by atoms with van der Waals surface area (Å²) in [4.78, 5) is 25.7. The van der Waals surface area contributed by atoms with Crippen molar-refractivity contribution in [2.24, 2.45) is 0 Å². The normalized spacial score (nSPS) is 11.7. The van der Waals surface area contributed by atoms with Gasteiger partial charge in [-0.05, 0) is 61.9 Å². The summed E-state index contributed by atoms with van der Waals surface area (Å²) in [5.74, 6) is 0.0334. The van der Waals surface area contributed by atoms with Crippen LogP contribution in [-0.2, 0) is 17.7 Å². The highest BCUT2D eigenvalue weighted by Crippen LogP contribution is 2.31. The molecule has 0 saturated carbocycles. The van der Waals surface area contributed by atoms with Crippen molar-refractivity contribution in [3.8, 4) is 0 Å². The first kappa shape index (κ1) is 26.2. The summed E-state index contributed by atoms with van der Waals surface area (Å²) in [6.45, 7) is 6.17. The molecule has 0 radical (unpaired) electrons. The SMILES string of the molecule is CC(C)(C)OC(=O)n1cc(CCCn2cc(C(c3ccccc3)c3ccccc3)ccc2=O)c2ccccc21. The predicted octanol–water partition coefficient (Wildman–Crippen LogP) is 7.40. The summed E-state index contributed by atoms with van der Waals surface area (Å²) in [6, 6.07) is 32.3. The van der Waals surface area contributed by atoms with E-state index >= 15 is 0 Å². The first-order valence-electron chi connectivity index (χ1n) is 13.4. The smallest absolute Gasteiger partial charge is 0.419 e. The van der Waals surface area contributed by atoms with Gasteiger partial charge in [0.1, 0.15) is 5.60 Å². The van der Waals surface area contributed by atoms with Crippen molar-refractivity contribution in [3.05, 3.63) is 142 Å². The Balaban J connectivity index is 1.39. The van der Waals surface area contributed by atoms with E-state index in [2.05, 4.69) is 48.5 Å². The molecule has 0 aliphatic carbocycles. The molecule has 0 N–H and O–H groups in total. The number of rotatable bonds is 7. The summed E-state index contributed by atoms with van der Waals surface area (Å²) in [5, 5.41) is 1.03. The molecule has 0 atom stereocenters. The number of carbonyl (C=O) groups is 1. The van der Waals surface area contributed by atoms with Gasteiger partial charge in [-0.25, -0.2) is 4.79 Å². The second-order valence-electron chi connectivity index (χ2n) is 10.9. The summed E-state index contributed by atoms with van der Waals surface area (Å²) < 4.78 is 9.02. The Kier molecular flexibility index (Phi) is 7.51. The van der Waals surface area contributed by atoms with Gasteiger partial charge in [-0.2, -0.15) is 0 Å². The number of benzene rings is 3. The zero-order chi connectivity index (χ0) is 27.4. The number of hydrogen-bond donors (Lipinski definition) is 0. The second kappa shape index (κ2) is 11.2. The fourth-order valence-corrected chi connectivity index (χ4v) is 5.12. The van der Waals surface area contributed by atoms with Gasteiger partial charge in [0.15, 0.2) is 0 Å². The lowest BCUT2D eigenvalue weighted by Crippen LogP contribution is -2.26. The van der Waals surface area contributed by atoms with Gasteiger partial charge in [0.2, 0.25) is 0 Å². The Bertz CT molecular complexity index is 1590. The van der Waals surface area contributed by atoms with Gasteiger partial charge in [0, 0.05) is 36.3 Å². The first-order valence-corrected chi connectivity index (χ1v) is 13.4. The Morgan fingerprint density at radius 1 is 0.769 bits per heavy atom. The van der Waals surface area contributed by atoms with Gasteiger partial charge in [-0.1, -0.05) is 84.9 Å². The number of fused-ring (bicyclic) bond motifs is 1. The summed E-state index contributed by atoms with van der Waals surface area (Å²) >= 11 is 0. The van der Waals surface area contributed by atoms with Crippen LogP contribution in [0.2, 0.25) is 0 Å². The highest BCUT2D eigenvalue weighted by Gasteiger charge is 2.21. The van der Waals surface area contributed by atoms with E-state index in [0.717, 1.165) is 34.9 Å². The lowest BCUT2D eigenvalue weighted by molar-refractivity contribution is 0.0544. The molecule has 5 heteroatoms. The van der Waals surface area contributed by atoms with E-state index in [4.69, 9.17) is 4.74 Å². The Morgan fingerprint density at radius 3 is 2.03 bits per heavy atom. The zero-order valence-corrected chi connectivity index (χ0v) is 22.7. The maximum Gasteiger partial charge on any atom is 0.419 e. The first-order chi connectivity index (χ1) is 18.8. The molecule has 0 unspecified atom stereocenters. The van der Waals surface area contributed by atoms with Gasteiger partial charge in [-0.3, -0.25) is 9.36 Å². The molecule has 3 aromatic carbocycles. The van der Waals surface area contributed by atoms with Gasteiger partial charge in [0.05, 0.1) is 5.52 Å². The van der Waals surface area contributed by atoms with Crippen molar-refractivity contribution in [2.45, 2.75) is 51.7 Å². The average Bonchev–Trinajstić information content (AvgIpc) is 3.30. The standard InChI is InChI=1S/C34H34N2O3/c1-34(2,3)39-33(38)36-24-27(29-18-10-11-19-30(29)36)17-12-22-35-23-28(20-21-31(35)37)32(25-13-6-4-7-14-25)26-15-8-5-9-16-26/h4-11,13-16,18-21,23-24,32H,12,17,22H2,1-3H3. The number of ether oxygens (including phenoxy) is 1. The molecule has 0 fully saturated rings. The van der Waals surface area contributed by atoms with E-state index in [0.29, 0.717) is 6.54 Å². The maximum absolute atomic E-state index is 12.9. The summed E-state index contributed by atoms with van der Waals surface area (Å²) in [5.41, 5.74) is 4.74. The van der Waals surface area contributed by atoms with Gasteiger partial charge in [-0.15, -0.1) is 0 Å². The van der Waals surface area contributed by atoms with E-state index in [-0.39, 0.29) is 17.6 Å². The minimum Gasteiger partial charge on any atom is -0.443 e. The van der Waals surface area contributed by atoms with Gasteiger partial charge in [0.25, 0.3) is 5.56 Å². The van der Waals surface area contributed by atoms with Crippen LogP contribution in [-0.4, -0.2) is 20.8 Å². The van der Waals surface area contributed by atoms with E-state index < -0.39 is 5.60 Å².